The van der Waals surface area contributed by atoms with Crippen LogP contribution in [0.1, 0.15) is 51.7 Å². The molecule has 0 fully saturated rings. The lowest BCUT2D eigenvalue weighted by Crippen LogP contribution is -2.11. The van der Waals surface area contributed by atoms with Crippen LogP contribution in [-0.4, -0.2) is 11.7 Å². The van der Waals surface area contributed by atoms with E-state index in [1.807, 2.05) is 0 Å². The number of hydrogen-bond acceptors (Lipinski definition) is 1. The fourth-order valence-electron chi connectivity index (χ4n) is 1.94. The molecule has 96 valence electrons. The fourth-order valence-corrected chi connectivity index (χ4v) is 1.94. The Balaban J connectivity index is 2.55. The van der Waals surface area contributed by atoms with E-state index in [9.17, 15) is 0 Å². The van der Waals surface area contributed by atoms with E-state index in [1.165, 1.54) is 11.1 Å². The third-order valence-corrected chi connectivity index (χ3v) is 3.27. The Morgan fingerprint density at radius 3 is 2.53 bits per heavy atom. The monoisotopic (exact) mass is 234 g/mol. The third-order valence-electron chi connectivity index (χ3n) is 3.27. The second-order valence-electron chi connectivity index (χ2n) is 6.13. The van der Waals surface area contributed by atoms with Crippen LogP contribution in [0, 0.1) is 5.92 Å². The first kappa shape index (κ1) is 14.2. The Kier molecular flexibility index (Phi) is 5.20. The summed E-state index contributed by atoms with van der Waals surface area (Å²) in [6.45, 7) is 9.16. The molecule has 1 heteroatoms. The molecule has 1 nitrogen and oxygen atoms in total. The SMILES string of the molecule is CC(CO)CCCc1cccc(C(C)(C)C)c1. The molecule has 0 saturated carbocycles. The molecule has 0 amide bonds. The van der Waals surface area contributed by atoms with Crippen molar-refractivity contribution in [1.82, 2.24) is 0 Å². The molecule has 0 bridgehead atoms. The van der Waals surface area contributed by atoms with Gasteiger partial charge in [-0.1, -0.05) is 52.0 Å². The number of rotatable bonds is 5. The summed E-state index contributed by atoms with van der Waals surface area (Å²) in [5, 5.41) is 8.98. The first-order valence-corrected chi connectivity index (χ1v) is 6.63. The van der Waals surface area contributed by atoms with Crippen LogP contribution >= 0.6 is 0 Å². The number of benzene rings is 1. The minimum atomic E-state index is 0.231. The summed E-state index contributed by atoms with van der Waals surface area (Å²) in [6.07, 6.45) is 3.39. The highest BCUT2D eigenvalue weighted by molar-refractivity contribution is 5.28. The van der Waals surface area contributed by atoms with Gasteiger partial charge < -0.3 is 5.11 Å². The minimum absolute atomic E-state index is 0.231. The van der Waals surface area contributed by atoms with Crippen LogP contribution in [0.3, 0.4) is 0 Å². The van der Waals surface area contributed by atoms with Gasteiger partial charge in [-0.2, -0.15) is 0 Å². The van der Waals surface area contributed by atoms with E-state index in [0.717, 1.165) is 19.3 Å². The summed E-state index contributed by atoms with van der Waals surface area (Å²) in [5.41, 5.74) is 3.06. The topological polar surface area (TPSA) is 20.2 Å². The number of aliphatic hydroxyl groups excluding tert-OH is 1. The van der Waals surface area contributed by atoms with E-state index < -0.39 is 0 Å². The molecule has 1 unspecified atom stereocenters. The molecule has 1 rings (SSSR count). The molecule has 1 N–H and O–H groups in total. The van der Waals surface area contributed by atoms with Gasteiger partial charge in [-0.3, -0.25) is 0 Å². The Morgan fingerprint density at radius 1 is 1.24 bits per heavy atom. The normalized spacial score (nSPS) is 13.7. The van der Waals surface area contributed by atoms with Crippen LogP contribution < -0.4 is 0 Å². The molecule has 1 aromatic rings. The zero-order valence-electron chi connectivity index (χ0n) is 11.7. The van der Waals surface area contributed by atoms with Gasteiger partial charge in [0.15, 0.2) is 0 Å². The van der Waals surface area contributed by atoms with E-state index in [0.29, 0.717) is 12.5 Å². The van der Waals surface area contributed by atoms with Crippen LogP contribution in [0.25, 0.3) is 0 Å². The molecule has 0 radical (unpaired) electrons. The van der Waals surface area contributed by atoms with Crippen LogP contribution in [0.5, 0.6) is 0 Å². The van der Waals surface area contributed by atoms with Crippen molar-refractivity contribution in [3.8, 4) is 0 Å². The fraction of sp³-hybridized carbons (Fsp3) is 0.625. The summed E-state index contributed by atoms with van der Waals surface area (Å²) in [5.74, 6) is 0.431. The van der Waals surface area contributed by atoms with Crippen LogP contribution in [0.15, 0.2) is 24.3 Å². The van der Waals surface area contributed by atoms with Crippen molar-refractivity contribution in [2.45, 2.75) is 52.4 Å². The van der Waals surface area contributed by atoms with E-state index >= 15 is 0 Å². The van der Waals surface area contributed by atoms with Crippen molar-refractivity contribution in [2.75, 3.05) is 6.61 Å². The van der Waals surface area contributed by atoms with E-state index in [1.54, 1.807) is 0 Å². The third kappa shape index (κ3) is 4.91. The predicted octanol–water partition coefficient (Wildman–Crippen LogP) is 3.94. The summed E-state index contributed by atoms with van der Waals surface area (Å²) >= 11 is 0. The largest absolute Gasteiger partial charge is 0.396 e. The summed E-state index contributed by atoms with van der Waals surface area (Å²) in [4.78, 5) is 0. The maximum absolute atomic E-state index is 8.98. The molecule has 0 spiro atoms. The highest BCUT2D eigenvalue weighted by Gasteiger charge is 2.13. The molecule has 0 aromatic heterocycles. The molecular weight excluding hydrogens is 208 g/mol. The zero-order chi connectivity index (χ0) is 12.9. The standard InChI is InChI=1S/C16H26O/c1-13(12-17)7-5-8-14-9-6-10-15(11-14)16(2,3)4/h6,9-11,13,17H,5,7-8,12H2,1-4H3. The van der Waals surface area contributed by atoms with Gasteiger partial charge in [0.25, 0.3) is 0 Å². The van der Waals surface area contributed by atoms with Crippen molar-refractivity contribution < 1.29 is 5.11 Å². The molecule has 0 aliphatic heterocycles. The van der Waals surface area contributed by atoms with Crippen molar-refractivity contribution in [3.63, 3.8) is 0 Å². The Morgan fingerprint density at radius 2 is 1.94 bits per heavy atom. The van der Waals surface area contributed by atoms with E-state index in [4.69, 9.17) is 5.11 Å². The van der Waals surface area contributed by atoms with Gasteiger partial charge in [0, 0.05) is 6.61 Å². The van der Waals surface area contributed by atoms with Gasteiger partial charge in [-0.15, -0.1) is 0 Å². The quantitative estimate of drug-likeness (QED) is 0.818. The highest BCUT2D eigenvalue weighted by atomic mass is 16.3. The van der Waals surface area contributed by atoms with Gasteiger partial charge in [0.2, 0.25) is 0 Å². The second kappa shape index (κ2) is 6.20. The molecule has 0 aliphatic rings. The number of aliphatic hydroxyl groups is 1. The Labute approximate surface area is 106 Å². The molecule has 1 atom stereocenters. The minimum Gasteiger partial charge on any atom is -0.396 e. The average Bonchev–Trinajstić information content (AvgIpc) is 2.28. The van der Waals surface area contributed by atoms with Crippen molar-refractivity contribution in [2.24, 2.45) is 5.92 Å². The predicted molar refractivity (Wildman–Crippen MR) is 74.3 cm³/mol. The Bertz CT molecular complexity index is 336. The molecule has 0 saturated heterocycles. The highest BCUT2D eigenvalue weighted by Crippen LogP contribution is 2.23. The first-order valence-electron chi connectivity index (χ1n) is 6.63. The molecular formula is C16H26O. The van der Waals surface area contributed by atoms with Gasteiger partial charge >= 0.3 is 0 Å². The molecule has 0 heterocycles. The van der Waals surface area contributed by atoms with E-state index in [2.05, 4.69) is 52.0 Å². The summed E-state index contributed by atoms with van der Waals surface area (Å²) in [7, 11) is 0. The van der Waals surface area contributed by atoms with Gasteiger partial charge in [-0.25, -0.2) is 0 Å². The lowest BCUT2D eigenvalue weighted by Gasteiger charge is -2.19. The van der Waals surface area contributed by atoms with Gasteiger partial charge in [-0.05, 0) is 41.7 Å². The lowest BCUT2D eigenvalue weighted by atomic mass is 9.85. The smallest absolute Gasteiger partial charge is 0.0456 e. The van der Waals surface area contributed by atoms with Crippen LogP contribution in [-0.2, 0) is 11.8 Å². The van der Waals surface area contributed by atoms with Crippen molar-refractivity contribution in [1.29, 1.82) is 0 Å². The Hall–Kier alpha value is -0.820. The van der Waals surface area contributed by atoms with Crippen molar-refractivity contribution >= 4 is 0 Å². The molecule has 1 aromatic carbocycles. The van der Waals surface area contributed by atoms with Crippen LogP contribution in [0.2, 0.25) is 0 Å². The second-order valence-corrected chi connectivity index (χ2v) is 6.13. The number of aryl methyl sites for hydroxylation is 1. The maximum atomic E-state index is 8.98. The van der Waals surface area contributed by atoms with Gasteiger partial charge in [0.1, 0.15) is 0 Å². The lowest BCUT2D eigenvalue weighted by molar-refractivity contribution is 0.228. The molecule has 17 heavy (non-hydrogen) atoms. The van der Waals surface area contributed by atoms with Gasteiger partial charge in [0.05, 0.1) is 0 Å². The van der Waals surface area contributed by atoms with E-state index in [-0.39, 0.29) is 5.41 Å². The maximum Gasteiger partial charge on any atom is 0.0456 e. The number of hydrogen-bond donors (Lipinski definition) is 1. The molecule has 0 aliphatic carbocycles. The van der Waals surface area contributed by atoms with Crippen molar-refractivity contribution in [3.05, 3.63) is 35.4 Å². The first-order chi connectivity index (χ1) is 7.93. The van der Waals surface area contributed by atoms with Crippen LogP contribution in [0.4, 0.5) is 0 Å². The average molecular weight is 234 g/mol. The summed E-state index contributed by atoms with van der Waals surface area (Å²) < 4.78 is 0. The zero-order valence-corrected chi connectivity index (χ0v) is 11.7. The summed E-state index contributed by atoms with van der Waals surface area (Å²) in [6, 6.07) is 8.90.